The van der Waals surface area contributed by atoms with Crippen LogP contribution < -0.4 is 9.62 Å². The van der Waals surface area contributed by atoms with Gasteiger partial charge in [-0.2, -0.15) is 0 Å². The average Bonchev–Trinajstić information content (AvgIpc) is 2.92. The molecule has 0 unspecified atom stereocenters. The van der Waals surface area contributed by atoms with Crippen molar-refractivity contribution in [2.45, 2.75) is 43.2 Å². The van der Waals surface area contributed by atoms with Gasteiger partial charge < -0.3 is 4.90 Å². The van der Waals surface area contributed by atoms with Crippen molar-refractivity contribution >= 4 is 32.9 Å². The van der Waals surface area contributed by atoms with Crippen LogP contribution in [0, 0.1) is 0 Å². The molecule has 1 saturated heterocycles. The highest BCUT2D eigenvalue weighted by atomic mass is 32.2. The molecule has 3 heterocycles. The fourth-order valence-corrected chi connectivity index (χ4v) is 5.15. The van der Waals surface area contributed by atoms with Gasteiger partial charge in [0.2, 0.25) is 0 Å². The Balaban J connectivity index is 1.71. The number of sulfonamides is 1. The van der Waals surface area contributed by atoms with Gasteiger partial charge in [-0.1, -0.05) is 19.8 Å². The van der Waals surface area contributed by atoms with Crippen molar-refractivity contribution in [3.63, 3.8) is 0 Å². The summed E-state index contributed by atoms with van der Waals surface area (Å²) < 4.78 is 27.7. The Morgan fingerprint density at radius 1 is 1.12 bits per heavy atom. The third-order valence-electron chi connectivity index (χ3n) is 4.21. The molecule has 2 aromatic heterocycles. The van der Waals surface area contributed by atoms with Crippen molar-refractivity contribution < 1.29 is 8.42 Å². The Bertz CT molecular complexity index is 761. The lowest BCUT2D eigenvalue weighted by molar-refractivity contribution is 0.603. The molecule has 1 fully saturated rings. The molecule has 2 aromatic rings. The molecular weight excluding hydrogens is 342 g/mol. The second kappa shape index (κ2) is 7.53. The van der Waals surface area contributed by atoms with E-state index in [1.807, 2.05) is 19.1 Å². The Hall–Kier alpha value is -1.60. The van der Waals surface area contributed by atoms with E-state index < -0.39 is 10.0 Å². The summed E-state index contributed by atoms with van der Waals surface area (Å²) in [7, 11) is -3.55. The minimum absolute atomic E-state index is 0.331. The van der Waals surface area contributed by atoms with Gasteiger partial charge in [0.1, 0.15) is 10.0 Å². The van der Waals surface area contributed by atoms with Gasteiger partial charge in [0.15, 0.2) is 0 Å². The van der Waals surface area contributed by atoms with Crippen molar-refractivity contribution in [1.82, 2.24) is 4.98 Å². The lowest BCUT2D eigenvalue weighted by atomic mass is 10.2. The van der Waals surface area contributed by atoms with Gasteiger partial charge in [0.05, 0.1) is 11.9 Å². The van der Waals surface area contributed by atoms with Gasteiger partial charge in [-0.05, 0) is 43.5 Å². The molecule has 1 aliphatic heterocycles. The Kier molecular flexibility index (Phi) is 5.40. The zero-order chi connectivity index (χ0) is 17.0. The molecule has 0 amide bonds. The van der Waals surface area contributed by atoms with E-state index >= 15 is 0 Å². The third kappa shape index (κ3) is 4.08. The van der Waals surface area contributed by atoms with Crippen LogP contribution in [-0.4, -0.2) is 26.5 Å². The topological polar surface area (TPSA) is 62.3 Å². The number of nitrogens with zero attached hydrogens (tertiary/aromatic N) is 2. The van der Waals surface area contributed by atoms with Crippen molar-refractivity contribution in [2.75, 3.05) is 22.7 Å². The highest BCUT2D eigenvalue weighted by molar-refractivity contribution is 7.94. The highest BCUT2D eigenvalue weighted by Crippen LogP contribution is 2.25. The molecule has 1 aliphatic rings. The van der Waals surface area contributed by atoms with Crippen molar-refractivity contribution in [2.24, 2.45) is 0 Å². The number of thiophene rings is 1. The van der Waals surface area contributed by atoms with E-state index in [1.165, 1.54) is 37.0 Å². The molecule has 0 bridgehead atoms. The summed E-state index contributed by atoms with van der Waals surface area (Å²) in [6, 6.07) is 7.20. The zero-order valence-corrected chi connectivity index (χ0v) is 15.5. The van der Waals surface area contributed by atoms with Gasteiger partial charge in [-0.15, -0.1) is 11.3 Å². The molecule has 0 aromatic carbocycles. The minimum atomic E-state index is -3.55. The van der Waals surface area contributed by atoms with Crippen LogP contribution in [0.2, 0.25) is 0 Å². The largest absolute Gasteiger partial charge is 0.370 e. The first-order valence-electron chi connectivity index (χ1n) is 8.41. The first-order chi connectivity index (χ1) is 11.6. The van der Waals surface area contributed by atoms with Crippen LogP contribution in [0.5, 0.6) is 0 Å². The maximum atomic E-state index is 12.4. The van der Waals surface area contributed by atoms with Gasteiger partial charge >= 0.3 is 0 Å². The summed E-state index contributed by atoms with van der Waals surface area (Å²) in [6.45, 7) is 4.10. The molecule has 7 heteroatoms. The van der Waals surface area contributed by atoms with E-state index in [9.17, 15) is 8.42 Å². The smallest absolute Gasteiger partial charge is 0.272 e. The van der Waals surface area contributed by atoms with E-state index in [-0.39, 0.29) is 0 Å². The van der Waals surface area contributed by atoms with Crippen LogP contribution in [0.1, 0.15) is 37.5 Å². The van der Waals surface area contributed by atoms with Crippen LogP contribution >= 0.6 is 11.3 Å². The van der Waals surface area contributed by atoms with Crippen LogP contribution in [-0.2, 0) is 16.4 Å². The molecule has 0 aliphatic carbocycles. The van der Waals surface area contributed by atoms with Crippen molar-refractivity contribution in [3.8, 4) is 0 Å². The number of pyridine rings is 1. The first kappa shape index (κ1) is 17.2. The van der Waals surface area contributed by atoms with Crippen molar-refractivity contribution in [3.05, 3.63) is 35.3 Å². The third-order valence-corrected chi connectivity index (χ3v) is 7.28. The highest BCUT2D eigenvalue weighted by Gasteiger charge is 2.18. The van der Waals surface area contributed by atoms with Gasteiger partial charge in [-0.25, -0.2) is 13.4 Å². The standard InChI is InChI=1S/C17H23N3O2S2/c1-2-15-8-10-17(23-15)24(21,22)19-16-9-7-14(13-18-16)20-11-5-3-4-6-12-20/h7-10,13H,2-6,11-12H2,1H3,(H,18,19). The summed E-state index contributed by atoms with van der Waals surface area (Å²) in [5.74, 6) is 0.361. The molecule has 0 atom stereocenters. The van der Waals surface area contributed by atoms with E-state index in [4.69, 9.17) is 0 Å². The Morgan fingerprint density at radius 3 is 2.46 bits per heavy atom. The number of hydrogen-bond donors (Lipinski definition) is 1. The number of nitrogens with one attached hydrogen (secondary N) is 1. The van der Waals surface area contributed by atoms with E-state index in [1.54, 1.807) is 18.3 Å². The van der Waals surface area contributed by atoms with Crippen LogP contribution in [0.3, 0.4) is 0 Å². The summed E-state index contributed by atoms with van der Waals surface area (Å²) in [5.41, 5.74) is 1.06. The zero-order valence-electron chi connectivity index (χ0n) is 13.9. The second-order valence-corrected chi connectivity index (χ2v) is 9.06. The lowest BCUT2D eigenvalue weighted by Crippen LogP contribution is -2.24. The van der Waals surface area contributed by atoms with E-state index in [2.05, 4.69) is 14.6 Å². The molecule has 0 radical (unpaired) electrons. The SMILES string of the molecule is CCc1ccc(S(=O)(=O)Nc2ccc(N3CCCCCC3)cn2)s1. The quantitative estimate of drug-likeness (QED) is 0.873. The normalized spacial score (nSPS) is 16.0. The molecular formula is C17H23N3O2S2. The first-order valence-corrected chi connectivity index (χ1v) is 10.7. The van der Waals surface area contributed by atoms with Gasteiger partial charge in [-0.3, -0.25) is 4.72 Å². The molecule has 5 nitrogen and oxygen atoms in total. The predicted molar refractivity (Wildman–Crippen MR) is 99.4 cm³/mol. The van der Waals surface area contributed by atoms with E-state index in [0.29, 0.717) is 10.0 Å². The molecule has 3 rings (SSSR count). The molecule has 1 N–H and O–H groups in total. The molecule has 0 spiro atoms. The van der Waals surface area contributed by atoms with Crippen molar-refractivity contribution in [1.29, 1.82) is 0 Å². The lowest BCUT2D eigenvalue weighted by Gasteiger charge is -2.22. The van der Waals surface area contributed by atoms with Crippen LogP contribution in [0.15, 0.2) is 34.7 Å². The fourth-order valence-electron chi connectivity index (χ4n) is 2.84. The van der Waals surface area contributed by atoms with Gasteiger partial charge in [0, 0.05) is 18.0 Å². The second-order valence-electron chi connectivity index (χ2n) is 5.98. The monoisotopic (exact) mass is 365 g/mol. The number of anilines is 2. The maximum absolute atomic E-state index is 12.4. The molecule has 130 valence electrons. The number of rotatable bonds is 5. The summed E-state index contributed by atoms with van der Waals surface area (Å²) in [5, 5.41) is 0. The molecule has 0 saturated carbocycles. The van der Waals surface area contributed by atoms with Gasteiger partial charge in [0.25, 0.3) is 10.0 Å². The summed E-state index contributed by atoms with van der Waals surface area (Å²) in [4.78, 5) is 7.67. The number of hydrogen-bond acceptors (Lipinski definition) is 5. The number of aromatic nitrogens is 1. The Morgan fingerprint density at radius 2 is 1.88 bits per heavy atom. The van der Waals surface area contributed by atoms with Crippen LogP contribution in [0.25, 0.3) is 0 Å². The minimum Gasteiger partial charge on any atom is -0.370 e. The maximum Gasteiger partial charge on any atom is 0.272 e. The van der Waals surface area contributed by atoms with E-state index in [0.717, 1.165) is 30.1 Å². The predicted octanol–water partition coefficient (Wildman–Crippen LogP) is 3.89. The fraction of sp³-hybridized carbons (Fsp3) is 0.471. The summed E-state index contributed by atoms with van der Waals surface area (Å²) >= 11 is 1.30. The Labute approximate surface area is 147 Å². The average molecular weight is 366 g/mol. The molecule has 24 heavy (non-hydrogen) atoms. The van der Waals surface area contributed by atoms with Crippen LogP contribution in [0.4, 0.5) is 11.5 Å². The number of aryl methyl sites for hydroxylation is 1. The summed E-state index contributed by atoms with van der Waals surface area (Å²) in [6.07, 6.45) is 7.56.